The third-order valence-corrected chi connectivity index (χ3v) is 14.9. The molecule has 0 radical (unpaired) electrons. The average molecular weight is 1080 g/mol. The van der Waals surface area contributed by atoms with Crippen molar-refractivity contribution < 1.29 is 33.8 Å². The Labute approximate surface area is 473 Å². The number of hydrogen-bond acceptors (Lipinski definition) is 7. The first kappa shape index (κ1) is 68.8. The molecule has 1 aliphatic carbocycles. The summed E-state index contributed by atoms with van der Waals surface area (Å²) in [6.07, 6.45) is 43.2. The van der Waals surface area contributed by atoms with Crippen LogP contribution in [0.4, 0.5) is 15.3 Å². The quantitative estimate of drug-likeness (QED) is 0.0226. The van der Waals surface area contributed by atoms with Crippen molar-refractivity contribution in [3.8, 4) is 22.5 Å². The second kappa shape index (κ2) is 44.5. The van der Waals surface area contributed by atoms with Crippen molar-refractivity contribution in [2.75, 3.05) is 44.2 Å². The summed E-state index contributed by atoms with van der Waals surface area (Å²) in [7, 11) is 0. The highest BCUT2D eigenvalue weighted by atomic mass is 16.5. The van der Waals surface area contributed by atoms with Crippen LogP contribution in [-0.4, -0.2) is 62.6 Å². The van der Waals surface area contributed by atoms with Crippen LogP contribution in [0.25, 0.3) is 33.4 Å². The fourth-order valence-corrected chi connectivity index (χ4v) is 10.3. The van der Waals surface area contributed by atoms with Gasteiger partial charge in [-0.2, -0.15) is 0 Å². The molecule has 0 aromatic heterocycles. The van der Waals surface area contributed by atoms with E-state index in [0.717, 1.165) is 59.8 Å². The molecule has 11 heteroatoms. The van der Waals surface area contributed by atoms with Crippen LogP contribution >= 0.6 is 0 Å². The topological polar surface area (TPSA) is 147 Å². The third-order valence-electron chi connectivity index (χ3n) is 14.9. The van der Waals surface area contributed by atoms with Crippen molar-refractivity contribution in [1.29, 1.82) is 0 Å². The molecule has 1 aliphatic heterocycles. The number of rotatable bonds is 43. The molecule has 2 aromatic carbocycles. The summed E-state index contributed by atoms with van der Waals surface area (Å²) in [5, 5.41) is 27.7. The van der Waals surface area contributed by atoms with Crippen molar-refractivity contribution >= 4 is 34.8 Å². The maximum atomic E-state index is 12.5. The van der Waals surface area contributed by atoms with Gasteiger partial charge in [0.15, 0.2) is 13.2 Å². The molecule has 0 fully saturated rings. The van der Waals surface area contributed by atoms with E-state index in [-0.39, 0.29) is 25.7 Å². The number of aromatic carboxylic acids is 1. The third kappa shape index (κ3) is 28.5. The van der Waals surface area contributed by atoms with Gasteiger partial charge in [0.25, 0.3) is 0 Å². The first-order valence-corrected chi connectivity index (χ1v) is 30.8. The molecular formula is C67H108N4O7. The van der Waals surface area contributed by atoms with E-state index in [1.807, 2.05) is 60.4 Å². The van der Waals surface area contributed by atoms with Gasteiger partial charge in [0.1, 0.15) is 17.9 Å². The maximum absolute atomic E-state index is 12.5. The highest BCUT2D eigenvalue weighted by molar-refractivity contribution is 6.07. The van der Waals surface area contributed by atoms with Gasteiger partial charge < -0.3 is 39.7 Å². The Morgan fingerprint density at radius 3 is 1.54 bits per heavy atom. The van der Waals surface area contributed by atoms with Crippen molar-refractivity contribution in [2.24, 2.45) is 0 Å². The molecule has 3 N–H and O–H groups in total. The summed E-state index contributed by atoms with van der Waals surface area (Å²) in [5.74, 6) is -0.621. The predicted molar refractivity (Wildman–Crippen MR) is 328 cm³/mol. The lowest BCUT2D eigenvalue weighted by Gasteiger charge is -2.21. The number of carbonyl (C=O) groups excluding carboxylic acids is 2. The molecular weight excluding hydrogens is 973 g/mol. The van der Waals surface area contributed by atoms with Gasteiger partial charge in [-0.3, -0.25) is 0 Å². The highest BCUT2D eigenvalue weighted by Crippen LogP contribution is 2.42. The van der Waals surface area contributed by atoms with Gasteiger partial charge in [-0.15, -0.1) is 0 Å². The first-order valence-electron chi connectivity index (χ1n) is 30.8. The monoisotopic (exact) mass is 1080 g/mol. The minimum atomic E-state index is -1.24. The van der Waals surface area contributed by atoms with E-state index < -0.39 is 12.1 Å². The fourth-order valence-electron chi connectivity index (χ4n) is 10.3. The van der Waals surface area contributed by atoms with Crippen LogP contribution in [0.5, 0.6) is 0 Å². The number of amides is 2. The summed E-state index contributed by atoms with van der Waals surface area (Å²) >= 11 is 0. The summed E-state index contributed by atoms with van der Waals surface area (Å²) < 4.78 is 14.2. The summed E-state index contributed by atoms with van der Waals surface area (Å²) in [6, 6.07) is 18.8. The number of carboxylic acids is 1. The lowest BCUT2D eigenvalue weighted by atomic mass is 9.90. The minimum absolute atomic E-state index is 0. The number of unbranched alkanes of at least 4 members (excludes halogenated alkanes) is 30. The van der Waals surface area contributed by atoms with Crippen molar-refractivity contribution in [1.82, 2.24) is 15.2 Å². The van der Waals surface area contributed by atoms with E-state index in [1.54, 1.807) is 18.3 Å². The SMILES string of the molecule is C.C=CN(CC)c1ccc2c(-c3ccccc3C(=O)[O-])c3ccc(=[N+](CC)CCOC(=O)NCCCCCCCCCCCCCCCCCC)cc-3oc2c1.CCCCCCCCCCCCCCCCCCNC(=O)O. The number of carboxylic acid groups (broad SMARTS) is 2. The van der Waals surface area contributed by atoms with Crippen LogP contribution in [0.15, 0.2) is 77.9 Å². The lowest BCUT2D eigenvalue weighted by Crippen LogP contribution is -2.34. The maximum Gasteiger partial charge on any atom is 0.407 e. The van der Waals surface area contributed by atoms with Gasteiger partial charge in [0.05, 0.1) is 12.0 Å². The van der Waals surface area contributed by atoms with Crippen molar-refractivity contribution in [3.63, 3.8) is 0 Å². The number of benzene rings is 3. The van der Waals surface area contributed by atoms with Crippen LogP contribution < -0.4 is 30.6 Å². The Morgan fingerprint density at radius 1 is 0.615 bits per heavy atom. The molecule has 2 aromatic rings. The van der Waals surface area contributed by atoms with Crippen LogP contribution in [-0.2, 0) is 4.74 Å². The number of nitrogens with zero attached hydrogens (tertiary/aromatic N) is 2. The highest BCUT2D eigenvalue weighted by Gasteiger charge is 2.21. The molecule has 0 bridgehead atoms. The van der Waals surface area contributed by atoms with Crippen LogP contribution in [0.2, 0.25) is 0 Å². The van der Waals surface area contributed by atoms with E-state index in [0.29, 0.717) is 43.1 Å². The zero-order chi connectivity index (χ0) is 55.6. The molecule has 438 valence electrons. The molecule has 1 heterocycles. The van der Waals surface area contributed by atoms with E-state index in [2.05, 4.69) is 42.6 Å². The molecule has 2 amide bonds. The van der Waals surface area contributed by atoms with Crippen molar-refractivity contribution in [3.05, 3.63) is 84.4 Å². The normalized spacial score (nSPS) is 11.4. The number of nitrogens with one attached hydrogen (secondary N) is 2. The zero-order valence-corrected chi connectivity index (χ0v) is 48.7. The van der Waals surface area contributed by atoms with Gasteiger partial charge in [0, 0.05) is 59.5 Å². The number of alkyl carbamates (subject to hydrolysis) is 1. The molecule has 0 saturated carbocycles. The predicted octanol–water partition coefficient (Wildman–Crippen LogP) is 17.5. The summed E-state index contributed by atoms with van der Waals surface area (Å²) in [5.41, 5.74) is 3.78. The van der Waals surface area contributed by atoms with Gasteiger partial charge in [0.2, 0.25) is 5.36 Å². The van der Waals surface area contributed by atoms with Gasteiger partial charge >= 0.3 is 12.2 Å². The Balaban J connectivity index is 0.000000763. The Morgan fingerprint density at radius 2 is 1.09 bits per heavy atom. The number of anilines is 1. The van der Waals surface area contributed by atoms with Gasteiger partial charge in [-0.05, 0) is 56.7 Å². The van der Waals surface area contributed by atoms with Crippen LogP contribution in [0.3, 0.4) is 0 Å². The summed E-state index contributed by atoms with van der Waals surface area (Å²) in [4.78, 5) is 36.9. The standard InChI is InChI=1S/C47H65N3O5.C19H39NO2.CH4/c1-5-9-10-11-12-13-14-15-16-17-18-19-20-21-22-25-32-48-47(53)54-34-33-50(8-4)38-29-31-42-44(36-38)55-43-35-37(49(6-2)7-3)28-30-41(43)45(42)39-26-23-24-27-40(39)46(51)52;1-2-3-4-5-6-7-8-9-10-11-12-13-14-15-16-17-18-20-19(21)22;/h6,23-24,26-31,35-36H,2,5,7-22,25,32-34H2,1,3-4H3,(H-,48,51,52,53);20H,2-18H2,1H3,(H,21,22);1H4. The second-order valence-electron chi connectivity index (χ2n) is 21.1. The number of likely N-dealkylation sites (N-methyl/N-ethyl adjacent to an activating group) is 1. The largest absolute Gasteiger partial charge is 0.545 e. The van der Waals surface area contributed by atoms with E-state index in [4.69, 9.17) is 14.3 Å². The second-order valence-corrected chi connectivity index (χ2v) is 21.1. The molecule has 0 atom stereocenters. The number of hydrogen-bond donors (Lipinski definition) is 3. The number of carbonyl (C=O) groups is 3. The molecule has 2 aliphatic rings. The van der Waals surface area contributed by atoms with Gasteiger partial charge in [-0.25, -0.2) is 14.2 Å². The van der Waals surface area contributed by atoms with Gasteiger partial charge in [-0.1, -0.05) is 245 Å². The molecule has 11 nitrogen and oxygen atoms in total. The van der Waals surface area contributed by atoms with Crippen LogP contribution in [0, 0.1) is 0 Å². The molecule has 78 heavy (non-hydrogen) atoms. The average Bonchev–Trinajstić information content (AvgIpc) is 3.49. The molecule has 0 unspecified atom stereocenters. The van der Waals surface area contributed by atoms with E-state index in [1.165, 1.54) is 180 Å². The molecule has 4 rings (SSSR count). The van der Waals surface area contributed by atoms with Crippen molar-refractivity contribution in [2.45, 2.75) is 241 Å². The molecule has 0 spiro atoms. The van der Waals surface area contributed by atoms with E-state index >= 15 is 0 Å². The zero-order valence-electron chi connectivity index (χ0n) is 48.7. The Bertz CT molecular complexity index is 2250. The first-order chi connectivity index (χ1) is 37.7. The van der Waals surface area contributed by atoms with Crippen LogP contribution in [0.1, 0.15) is 251 Å². The number of ether oxygens (including phenoxy) is 1. The van der Waals surface area contributed by atoms with E-state index in [9.17, 15) is 19.5 Å². The summed E-state index contributed by atoms with van der Waals surface area (Å²) in [6.45, 7) is 16.0. The Hall–Kier alpha value is -5.32. The lowest BCUT2D eigenvalue weighted by molar-refractivity contribution is -0.254. The number of fused-ring (bicyclic) bond motifs is 2. The molecule has 0 saturated heterocycles. The fraction of sp³-hybridized carbons (Fsp3) is 0.642. The minimum Gasteiger partial charge on any atom is -0.545 e. The smallest absolute Gasteiger partial charge is 0.407 e. The Kier molecular flexibility index (Phi) is 39.3.